The molecule has 0 fully saturated rings. The van der Waals surface area contributed by atoms with Gasteiger partial charge in [-0.3, -0.25) is 15.6 Å². The third-order valence-corrected chi connectivity index (χ3v) is 5.25. The SMILES string of the molecule is O=C(NNC(=S)Nc1ccc(OC(F)F)cc1)c1sc2ccccc2c1Cl. The summed E-state index contributed by atoms with van der Waals surface area (Å²) in [6, 6.07) is 13.2. The molecule has 0 aliphatic carbocycles. The molecule has 1 aromatic heterocycles. The molecule has 2 aromatic carbocycles. The number of thiocarbonyl (C=S) groups is 1. The molecule has 10 heteroatoms. The first-order valence-electron chi connectivity index (χ1n) is 7.53. The number of fused-ring (bicyclic) bond motifs is 1. The van der Waals surface area contributed by atoms with Crippen molar-refractivity contribution in [1.29, 1.82) is 0 Å². The first-order chi connectivity index (χ1) is 12.9. The van der Waals surface area contributed by atoms with Gasteiger partial charge in [-0.1, -0.05) is 29.8 Å². The molecule has 1 amide bonds. The summed E-state index contributed by atoms with van der Waals surface area (Å²) in [6.45, 7) is -2.89. The van der Waals surface area contributed by atoms with Crippen molar-refractivity contribution in [3.05, 3.63) is 58.4 Å². The first kappa shape index (κ1) is 19.3. The van der Waals surface area contributed by atoms with Gasteiger partial charge in [-0.15, -0.1) is 11.3 Å². The van der Waals surface area contributed by atoms with Gasteiger partial charge in [0.15, 0.2) is 5.11 Å². The fourth-order valence-corrected chi connectivity index (χ4v) is 3.79. The van der Waals surface area contributed by atoms with Crippen LogP contribution in [-0.4, -0.2) is 17.6 Å². The molecule has 0 aliphatic heterocycles. The number of rotatable bonds is 4. The Morgan fingerprint density at radius 1 is 1.11 bits per heavy atom. The van der Waals surface area contributed by atoms with Crippen LogP contribution < -0.4 is 20.9 Å². The third-order valence-electron chi connectivity index (χ3n) is 3.37. The molecule has 3 aromatic rings. The van der Waals surface area contributed by atoms with Crippen LogP contribution in [-0.2, 0) is 0 Å². The highest BCUT2D eigenvalue weighted by atomic mass is 35.5. The van der Waals surface area contributed by atoms with Crippen molar-refractivity contribution in [3.63, 3.8) is 0 Å². The predicted molar refractivity (Wildman–Crippen MR) is 107 cm³/mol. The zero-order valence-corrected chi connectivity index (χ0v) is 15.9. The molecule has 0 bridgehead atoms. The van der Waals surface area contributed by atoms with Crippen LogP contribution in [0.5, 0.6) is 5.75 Å². The number of anilines is 1. The molecule has 1 heterocycles. The second-order valence-corrected chi connectivity index (χ2v) is 7.02. The van der Waals surface area contributed by atoms with Crippen molar-refractivity contribution < 1.29 is 18.3 Å². The highest BCUT2D eigenvalue weighted by molar-refractivity contribution is 7.80. The van der Waals surface area contributed by atoms with E-state index in [0.717, 1.165) is 10.1 Å². The summed E-state index contributed by atoms with van der Waals surface area (Å²) in [5.41, 5.74) is 5.56. The number of nitrogens with one attached hydrogen (secondary N) is 3. The molecule has 140 valence electrons. The molecule has 0 radical (unpaired) electrons. The fraction of sp³-hybridized carbons (Fsp3) is 0.0588. The number of amides is 1. The van der Waals surface area contributed by atoms with Crippen LogP contribution in [0.3, 0.4) is 0 Å². The fourth-order valence-electron chi connectivity index (χ4n) is 2.21. The van der Waals surface area contributed by atoms with Crippen molar-refractivity contribution in [1.82, 2.24) is 10.9 Å². The highest BCUT2D eigenvalue weighted by Gasteiger charge is 2.16. The van der Waals surface area contributed by atoms with Gasteiger partial charge in [0.1, 0.15) is 10.6 Å². The molecule has 3 rings (SSSR count). The van der Waals surface area contributed by atoms with Crippen LogP contribution in [0.2, 0.25) is 5.02 Å². The first-order valence-corrected chi connectivity index (χ1v) is 9.13. The number of ether oxygens (including phenoxy) is 1. The zero-order valence-electron chi connectivity index (χ0n) is 13.5. The lowest BCUT2D eigenvalue weighted by Crippen LogP contribution is -2.43. The van der Waals surface area contributed by atoms with Gasteiger partial charge >= 0.3 is 6.61 Å². The van der Waals surface area contributed by atoms with E-state index in [1.807, 2.05) is 24.3 Å². The van der Waals surface area contributed by atoms with Crippen molar-refractivity contribution in [2.45, 2.75) is 6.61 Å². The standard InChI is InChI=1S/C17H12ClF2N3O2S2/c18-13-11-3-1-2-4-12(11)27-14(13)15(24)22-23-17(26)21-9-5-7-10(8-6-9)25-16(19)20/h1-8,16H,(H,22,24)(H2,21,23,26). The summed E-state index contributed by atoms with van der Waals surface area (Å²) in [5.74, 6) is -0.395. The van der Waals surface area contributed by atoms with Crippen LogP contribution in [0.25, 0.3) is 10.1 Å². The number of benzene rings is 2. The van der Waals surface area contributed by atoms with E-state index in [4.69, 9.17) is 23.8 Å². The van der Waals surface area contributed by atoms with E-state index in [0.29, 0.717) is 15.6 Å². The van der Waals surface area contributed by atoms with Crippen LogP contribution in [0.15, 0.2) is 48.5 Å². The quantitative estimate of drug-likeness (QED) is 0.413. The lowest BCUT2D eigenvalue weighted by molar-refractivity contribution is -0.0498. The van der Waals surface area contributed by atoms with Crippen LogP contribution in [0.4, 0.5) is 14.5 Å². The maximum Gasteiger partial charge on any atom is 0.387 e. The molecule has 0 saturated heterocycles. The van der Waals surface area contributed by atoms with Crippen LogP contribution in [0.1, 0.15) is 9.67 Å². The van der Waals surface area contributed by atoms with Crippen LogP contribution in [0, 0.1) is 0 Å². The molecule has 0 spiro atoms. The maximum absolute atomic E-state index is 12.3. The van der Waals surface area contributed by atoms with Crippen LogP contribution >= 0.6 is 35.2 Å². The van der Waals surface area contributed by atoms with Gasteiger partial charge < -0.3 is 10.1 Å². The topological polar surface area (TPSA) is 62.4 Å². The summed E-state index contributed by atoms with van der Waals surface area (Å²) in [5, 5.41) is 4.10. The third kappa shape index (κ3) is 4.82. The van der Waals surface area contributed by atoms with Gasteiger partial charge in [0.05, 0.1) is 5.02 Å². The van der Waals surface area contributed by atoms with Gasteiger partial charge in [-0.05, 0) is 42.5 Å². The minimum Gasteiger partial charge on any atom is -0.435 e. The second kappa shape index (κ2) is 8.47. The maximum atomic E-state index is 12.3. The highest BCUT2D eigenvalue weighted by Crippen LogP contribution is 2.34. The van der Waals surface area contributed by atoms with Crippen molar-refractivity contribution >= 4 is 61.9 Å². The molecule has 0 unspecified atom stereocenters. The van der Waals surface area contributed by atoms with E-state index in [9.17, 15) is 13.6 Å². The number of carbonyl (C=O) groups is 1. The Bertz CT molecular complexity index is 980. The summed E-state index contributed by atoms with van der Waals surface area (Å²) in [4.78, 5) is 12.7. The number of thiophene rings is 1. The number of hydrazine groups is 1. The van der Waals surface area contributed by atoms with Crippen molar-refractivity contribution in [3.8, 4) is 5.75 Å². The largest absolute Gasteiger partial charge is 0.435 e. The molecule has 0 saturated carbocycles. The number of hydrogen-bond donors (Lipinski definition) is 3. The zero-order chi connectivity index (χ0) is 19.4. The normalized spacial score (nSPS) is 10.7. The van der Waals surface area contributed by atoms with E-state index in [2.05, 4.69) is 20.9 Å². The van der Waals surface area contributed by atoms with Gasteiger partial charge in [0.2, 0.25) is 0 Å². The van der Waals surface area contributed by atoms with Crippen molar-refractivity contribution in [2.75, 3.05) is 5.32 Å². The number of carbonyl (C=O) groups excluding carboxylic acids is 1. The average molecular weight is 428 g/mol. The Kier molecular flexibility index (Phi) is 6.04. The number of halogens is 3. The lowest BCUT2D eigenvalue weighted by atomic mass is 10.2. The minimum absolute atomic E-state index is 0.0298. The summed E-state index contributed by atoms with van der Waals surface area (Å²) in [7, 11) is 0. The Morgan fingerprint density at radius 2 is 1.81 bits per heavy atom. The Hall–Kier alpha value is -2.49. The Morgan fingerprint density at radius 3 is 2.48 bits per heavy atom. The summed E-state index contributed by atoms with van der Waals surface area (Å²) in [6.07, 6.45) is 0. The van der Waals surface area contributed by atoms with Gasteiger partial charge in [0.25, 0.3) is 5.91 Å². The van der Waals surface area contributed by atoms with E-state index >= 15 is 0 Å². The monoisotopic (exact) mass is 427 g/mol. The van der Waals surface area contributed by atoms with E-state index < -0.39 is 12.5 Å². The van der Waals surface area contributed by atoms with Gasteiger partial charge in [-0.25, -0.2) is 0 Å². The molecule has 0 aliphatic rings. The number of hydrogen-bond acceptors (Lipinski definition) is 4. The van der Waals surface area contributed by atoms with E-state index in [-0.39, 0.29) is 10.9 Å². The predicted octanol–water partition coefficient (Wildman–Crippen LogP) is 4.79. The second-order valence-electron chi connectivity index (χ2n) is 5.18. The smallest absolute Gasteiger partial charge is 0.387 e. The minimum atomic E-state index is -2.89. The van der Waals surface area contributed by atoms with Gasteiger partial charge in [-0.2, -0.15) is 8.78 Å². The average Bonchev–Trinajstić information content (AvgIpc) is 2.98. The van der Waals surface area contributed by atoms with Gasteiger partial charge in [0, 0.05) is 15.8 Å². The molecular weight excluding hydrogens is 416 g/mol. The molecule has 0 atom stereocenters. The summed E-state index contributed by atoms with van der Waals surface area (Å²) < 4.78 is 29.4. The molecule has 3 N–H and O–H groups in total. The van der Waals surface area contributed by atoms with Crippen molar-refractivity contribution in [2.24, 2.45) is 0 Å². The van der Waals surface area contributed by atoms with E-state index in [1.165, 1.54) is 35.6 Å². The molecule has 5 nitrogen and oxygen atoms in total. The summed E-state index contributed by atoms with van der Waals surface area (Å²) >= 11 is 12.6. The number of alkyl halides is 2. The lowest BCUT2D eigenvalue weighted by Gasteiger charge is -2.12. The Labute approximate surface area is 167 Å². The molecular formula is C17H12ClF2N3O2S2. The Balaban J connectivity index is 1.56. The van der Waals surface area contributed by atoms with E-state index in [1.54, 1.807) is 0 Å². The molecule has 27 heavy (non-hydrogen) atoms.